The van der Waals surface area contributed by atoms with E-state index in [0.717, 1.165) is 56.0 Å². The van der Waals surface area contributed by atoms with Crippen LogP contribution in [0.4, 0.5) is 36.3 Å². The van der Waals surface area contributed by atoms with Gasteiger partial charge in [0.15, 0.2) is 0 Å². The van der Waals surface area contributed by atoms with Gasteiger partial charge in [0, 0.05) is 17.6 Å². The first-order chi connectivity index (χ1) is 18.0. The second kappa shape index (κ2) is 11.4. The summed E-state index contributed by atoms with van der Waals surface area (Å²) in [5.74, 6) is 0.949. The number of para-hydroxylation sites is 1. The van der Waals surface area contributed by atoms with Crippen LogP contribution in [-0.4, -0.2) is 16.1 Å². The van der Waals surface area contributed by atoms with E-state index in [-0.39, 0.29) is 17.9 Å². The molecule has 3 aromatic rings. The Morgan fingerprint density at radius 3 is 2.16 bits per heavy atom. The van der Waals surface area contributed by atoms with E-state index in [2.05, 4.69) is 20.6 Å². The maximum atomic E-state index is 13.8. The van der Waals surface area contributed by atoms with E-state index in [1.807, 2.05) is 48.5 Å². The minimum atomic E-state index is -4.58. The molecule has 5 nitrogen and oxygen atoms in total. The highest BCUT2D eigenvalue weighted by Crippen LogP contribution is 2.40. The molecular formula is C29H33F3N4O. The summed E-state index contributed by atoms with van der Waals surface area (Å²) in [6, 6.07) is 15.0. The van der Waals surface area contributed by atoms with Crippen LogP contribution in [0.1, 0.15) is 81.3 Å². The smallest absolute Gasteiger partial charge is 0.421 e. The Labute approximate surface area is 215 Å². The van der Waals surface area contributed by atoms with Gasteiger partial charge in [-0.3, -0.25) is 0 Å². The molecule has 0 aliphatic heterocycles. The van der Waals surface area contributed by atoms with Gasteiger partial charge in [-0.25, -0.2) is 4.98 Å². The Kier molecular flexibility index (Phi) is 7.82. The fraction of sp³-hybridized carbons (Fsp3) is 0.448. The van der Waals surface area contributed by atoms with Gasteiger partial charge >= 0.3 is 6.18 Å². The van der Waals surface area contributed by atoms with Gasteiger partial charge in [-0.05, 0) is 80.3 Å². The van der Waals surface area contributed by atoms with Crippen LogP contribution in [0.2, 0.25) is 0 Å². The first-order valence-electron chi connectivity index (χ1n) is 13.3. The normalized spacial score (nSPS) is 17.4. The molecule has 1 aromatic heterocycles. The zero-order valence-corrected chi connectivity index (χ0v) is 20.9. The molecular weight excluding hydrogens is 477 g/mol. The lowest BCUT2D eigenvalue weighted by Gasteiger charge is -2.25. The maximum Gasteiger partial charge on any atom is 0.421 e. The van der Waals surface area contributed by atoms with E-state index >= 15 is 0 Å². The molecule has 2 N–H and O–H groups in total. The number of hydrogen-bond donors (Lipinski definition) is 2. The Morgan fingerprint density at radius 1 is 0.784 bits per heavy atom. The first-order valence-corrected chi connectivity index (χ1v) is 13.3. The summed E-state index contributed by atoms with van der Waals surface area (Å²) in [6.45, 7) is 0. The van der Waals surface area contributed by atoms with Crippen molar-refractivity contribution in [3.8, 4) is 5.75 Å². The summed E-state index contributed by atoms with van der Waals surface area (Å²) >= 11 is 0. The van der Waals surface area contributed by atoms with Crippen LogP contribution in [0, 0.1) is 0 Å². The van der Waals surface area contributed by atoms with Gasteiger partial charge < -0.3 is 15.4 Å². The van der Waals surface area contributed by atoms with Crippen LogP contribution in [0.15, 0.2) is 54.7 Å². The number of nitrogens with zero attached hydrogens (tertiary/aromatic N) is 2. The minimum absolute atomic E-state index is 0.0894. The number of rotatable bonds is 7. The van der Waals surface area contributed by atoms with Crippen LogP contribution in [-0.2, 0) is 6.18 Å². The van der Waals surface area contributed by atoms with Crippen molar-refractivity contribution in [2.24, 2.45) is 0 Å². The van der Waals surface area contributed by atoms with Crippen molar-refractivity contribution in [2.45, 2.75) is 82.4 Å². The highest BCUT2D eigenvalue weighted by atomic mass is 19.4. The van der Waals surface area contributed by atoms with E-state index < -0.39 is 11.7 Å². The SMILES string of the molecule is FC(F)(F)c1cnc(Nc2ccc(OC3CCCCC3)cc2)nc1Nc1ccccc1C1CCCCC1. The van der Waals surface area contributed by atoms with Crippen molar-refractivity contribution in [1.29, 1.82) is 0 Å². The molecule has 196 valence electrons. The molecule has 0 radical (unpaired) electrons. The van der Waals surface area contributed by atoms with Gasteiger partial charge in [0.05, 0.1) is 6.10 Å². The average Bonchev–Trinajstić information content (AvgIpc) is 2.91. The summed E-state index contributed by atoms with van der Waals surface area (Å²) in [5.41, 5.74) is 1.47. The zero-order valence-electron chi connectivity index (χ0n) is 20.9. The highest BCUT2D eigenvalue weighted by Gasteiger charge is 2.35. The van der Waals surface area contributed by atoms with Crippen molar-refractivity contribution in [2.75, 3.05) is 10.6 Å². The van der Waals surface area contributed by atoms with E-state index in [1.165, 1.54) is 25.7 Å². The van der Waals surface area contributed by atoms with Crippen molar-refractivity contribution in [3.05, 3.63) is 65.9 Å². The number of aromatic nitrogens is 2. The number of benzene rings is 2. The predicted molar refractivity (Wildman–Crippen MR) is 140 cm³/mol. The summed E-state index contributed by atoms with van der Waals surface area (Å²) < 4.78 is 47.6. The largest absolute Gasteiger partial charge is 0.490 e. The fourth-order valence-corrected chi connectivity index (χ4v) is 5.37. The molecule has 1 heterocycles. The molecule has 0 saturated heterocycles. The first kappa shape index (κ1) is 25.4. The second-order valence-corrected chi connectivity index (χ2v) is 10.0. The molecule has 8 heteroatoms. The molecule has 2 aliphatic rings. The summed E-state index contributed by atoms with van der Waals surface area (Å²) in [4.78, 5) is 8.20. The van der Waals surface area contributed by atoms with E-state index in [1.54, 1.807) is 0 Å². The van der Waals surface area contributed by atoms with Crippen LogP contribution in [0.5, 0.6) is 5.75 Å². The summed E-state index contributed by atoms with van der Waals surface area (Å²) in [6.07, 6.45) is 7.85. The van der Waals surface area contributed by atoms with Gasteiger partial charge in [0.1, 0.15) is 17.1 Å². The molecule has 2 aliphatic carbocycles. The molecule has 37 heavy (non-hydrogen) atoms. The molecule has 2 aromatic carbocycles. The van der Waals surface area contributed by atoms with Crippen molar-refractivity contribution < 1.29 is 17.9 Å². The summed E-state index contributed by atoms with van der Waals surface area (Å²) in [7, 11) is 0. The number of alkyl halides is 3. The highest BCUT2D eigenvalue weighted by molar-refractivity contribution is 5.66. The van der Waals surface area contributed by atoms with E-state index in [0.29, 0.717) is 17.3 Å². The Morgan fingerprint density at radius 2 is 1.46 bits per heavy atom. The standard InChI is InChI=1S/C29H33F3N4O/c30-29(31,32)25-19-33-28(34-21-15-17-23(18-16-21)37-22-11-5-2-6-12-22)36-27(25)35-26-14-8-7-13-24(26)20-9-3-1-4-10-20/h7-8,13-20,22H,1-6,9-12H2,(H2,33,34,35,36). The second-order valence-electron chi connectivity index (χ2n) is 10.0. The van der Waals surface area contributed by atoms with Gasteiger partial charge in [-0.2, -0.15) is 18.2 Å². The lowest BCUT2D eigenvalue weighted by atomic mass is 9.83. The van der Waals surface area contributed by atoms with Crippen molar-refractivity contribution in [3.63, 3.8) is 0 Å². The van der Waals surface area contributed by atoms with Crippen LogP contribution >= 0.6 is 0 Å². The van der Waals surface area contributed by atoms with Gasteiger partial charge in [0.25, 0.3) is 0 Å². The monoisotopic (exact) mass is 510 g/mol. The molecule has 0 spiro atoms. The number of ether oxygens (including phenoxy) is 1. The third kappa shape index (κ3) is 6.53. The third-order valence-corrected chi connectivity index (χ3v) is 7.32. The molecule has 0 unspecified atom stereocenters. The number of nitrogens with one attached hydrogen (secondary N) is 2. The van der Waals surface area contributed by atoms with Gasteiger partial charge in [-0.15, -0.1) is 0 Å². The molecule has 2 fully saturated rings. The number of hydrogen-bond acceptors (Lipinski definition) is 5. The maximum absolute atomic E-state index is 13.8. The topological polar surface area (TPSA) is 59.1 Å². The quantitative estimate of drug-likeness (QED) is 0.333. The fourth-order valence-electron chi connectivity index (χ4n) is 5.37. The van der Waals surface area contributed by atoms with Crippen molar-refractivity contribution in [1.82, 2.24) is 9.97 Å². The number of halogens is 3. The molecule has 0 atom stereocenters. The van der Waals surface area contributed by atoms with Crippen LogP contribution < -0.4 is 15.4 Å². The third-order valence-electron chi connectivity index (χ3n) is 7.32. The lowest BCUT2D eigenvalue weighted by Crippen LogP contribution is -2.19. The summed E-state index contributed by atoms with van der Waals surface area (Å²) in [5, 5.41) is 6.03. The van der Waals surface area contributed by atoms with Crippen LogP contribution in [0.25, 0.3) is 0 Å². The molecule has 2 saturated carbocycles. The molecule has 0 bridgehead atoms. The molecule has 5 rings (SSSR count). The van der Waals surface area contributed by atoms with Gasteiger partial charge in [0.2, 0.25) is 5.95 Å². The van der Waals surface area contributed by atoms with Crippen LogP contribution in [0.3, 0.4) is 0 Å². The van der Waals surface area contributed by atoms with Gasteiger partial charge in [-0.1, -0.05) is 43.9 Å². The predicted octanol–water partition coefficient (Wildman–Crippen LogP) is 8.74. The van der Waals surface area contributed by atoms with E-state index in [9.17, 15) is 13.2 Å². The minimum Gasteiger partial charge on any atom is -0.490 e. The Hall–Kier alpha value is -3.29. The Balaban J connectivity index is 1.35. The number of anilines is 4. The average molecular weight is 511 g/mol. The van der Waals surface area contributed by atoms with E-state index in [4.69, 9.17) is 4.74 Å². The Bertz CT molecular complexity index is 1170. The van der Waals surface area contributed by atoms with Crippen molar-refractivity contribution >= 4 is 23.1 Å². The lowest BCUT2D eigenvalue weighted by molar-refractivity contribution is -0.137. The zero-order chi connectivity index (χ0) is 25.7. The molecule has 0 amide bonds.